The first-order chi connectivity index (χ1) is 6.42. The van der Waals surface area contributed by atoms with Gasteiger partial charge in [-0.15, -0.1) is 0 Å². The summed E-state index contributed by atoms with van der Waals surface area (Å²) in [4.78, 5) is 8.01. The average Bonchev–Trinajstić information content (AvgIpc) is 2.67. The number of rotatable bonds is 2. The number of hydrogen-bond acceptors (Lipinski definition) is 5. The van der Waals surface area contributed by atoms with Crippen LogP contribution in [0.2, 0.25) is 0 Å². The zero-order chi connectivity index (χ0) is 9.10. The molecule has 2 rings (SSSR count). The molecule has 13 heavy (non-hydrogen) atoms. The fourth-order valence-corrected chi connectivity index (χ4v) is 0.943. The van der Waals surface area contributed by atoms with E-state index in [0.29, 0.717) is 17.3 Å². The van der Waals surface area contributed by atoms with Crippen molar-refractivity contribution >= 4 is 0 Å². The van der Waals surface area contributed by atoms with E-state index in [9.17, 15) is 0 Å². The Morgan fingerprint density at radius 2 is 2.08 bits per heavy atom. The minimum absolute atomic E-state index is 0.447. The topological polar surface area (TPSA) is 61.0 Å². The van der Waals surface area contributed by atoms with Crippen molar-refractivity contribution in [1.29, 1.82) is 0 Å². The number of nitrogens with zero attached hydrogens (tertiary/aromatic N) is 3. The van der Waals surface area contributed by atoms with Gasteiger partial charge in [-0.3, -0.25) is 0 Å². The van der Waals surface area contributed by atoms with Crippen molar-refractivity contribution in [3.05, 3.63) is 24.7 Å². The second kappa shape index (κ2) is 3.22. The van der Waals surface area contributed by atoms with Gasteiger partial charge in [0.2, 0.25) is 11.6 Å². The van der Waals surface area contributed by atoms with E-state index in [1.807, 2.05) is 0 Å². The monoisotopic (exact) mass is 177 g/mol. The predicted molar refractivity (Wildman–Crippen MR) is 44.1 cm³/mol. The summed E-state index contributed by atoms with van der Waals surface area (Å²) in [5.41, 5.74) is 0. The van der Waals surface area contributed by atoms with E-state index in [4.69, 9.17) is 9.26 Å². The molecule has 2 aromatic heterocycles. The first kappa shape index (κ1) is 7.72. The van der Waals surface area contributed by atoms with Crippen LogP contribution < -0.4 is 4.74 Å². The smallest absolute Gasteiger partial charge is 0.245 e. The van der Waals surface area contributed by atoms with Gasteiger partial charge in [0, 0.05) is 12.4 Å². The molecule has 0 N–H and O–H groups in total. The molecule has 0 aliphatic carbocycles. The maximum absolute atomic E-state index is 5.00. The average molecular weight is 177 g/mol. The Morgan fingerprint density at radius 1 is 1.31 bits per heavy atom. The van der Waals surface area contributed by atoms with E-state index in [1.165, 1.54) is 6.20 Å². The van der Waals surface area contributed by atoms with E-state index in [2.05, 4.69) is 15.1 Å². The van der Waals surface area contributed by atoms with Crippen LogP contribution in [0.4, 0.5) is 0 Å². The normalized spacial score (nSPS) is 9.92. The number of methoxy groups -OCH3 is 1. The van der Waals surface area contributed by atoms with Crippen molar-refractivity contribution in [2.24, 2.45) is 0 Å². The highest BCUT2D eigenvalue weighted by Crippen LogP contribution is 2.25. The summed E-state index contributed by atoms with van der Waals surface area (Å²) in [6.45, 7) is 0. The molecule has 0 fully saturated rings. The van der Waals surface area contributed by atoms with Crippen molar-refractivity contribution in [2.45, 2.75) is 0 Å². The van der Waals surface area contributed by atoms with Crippen molar-refractivity contribution in [1.82, 2.24) is 15.1 Å². The summed E-state index contributed by atoms with van der Waals surface area (Å²) in [6.07, 6.45) is 4.74. The van der Waals surface area contributed by atoms with Crippen LogP contribution >= 0.6 is 0 Å². The largest absolute Gasteiger partial charge is 0.491 e. The van der Waals surface area contributed by atoms with Crippen molar-refractivity contribution in [3.8, 4) is 17.3 Å². The van der Waals surface area contributed by atoms with Crippen molar-refractivity contribution in [2.75, 3.05) is 7.11 Å². The van der Waals surface area contributed by atoms with E-state index in [-0.39, 0.29) is 0 Å². The highest BCUT2D eigenvalue weighted by atomic mass is 16.5. The predicted octanol–water partition coefficient (Wildman–Crippen LogP) is 1.14. The summed E-state index contributed by atoms with van der Waals surface area (Å²) >= 11 is 0. The van der Waals surface area contributed by atoms with Gasteiger partial charge in [0.25, 0.3) is 0 Å². The Balaban J connectivity index is 2.47. The fourth-order valence-electron chi connectivity index (χ4n) is 0.943. The van der Waals surface area contributed by atoms with Crippen molar-refractivity contribution in [3.63, 3.8) is 0 Å². The molecule has 5 nitrogen and oxygen atoms in total. The summed E-state index contributed by atoms with van der Waals surface area (Å²) in [5.74, 6) is 1.45. The van der Waals surface area contributed by atoms with Gasteiger partial charge in [0.05, 0.1) is 7.11 Å². The van der Waals surface area contributed by atoms with Gasteiger partial charge < -0.3 is 9.26 Å². The van der Waals surface area contributed by atoms with Gasteiger partial charge in [0.1, 0.15) is 6.20 Å². The minimum atomic E-state index is 0.447. The Labute approximate surface area is 74.4 Å². The summed E-state index contributed by atoms with van der Waals surface area (Å²) < 4.78 is 9.95. The second-order valence-corrected chi connectivity index (χ2v) is 2.30. The summed E-state index contributed by atoms with van der Waals surface area (Å²) in [5, 5.41) is 3.59. The molecule has 0 aliphatic rings. The molecule has 2 aromatic rings. The lowest BCUT2D eigenvalue weighted by Gasteiger charge is -1.96. The highest BCUT2D eigenvalue weighted by Gasteiger charge is 2.12. The van der Waals surface area contributed by atoms with Gasteiger partial charge in [-0.25, -0.2) is 9.97 Å². The molecule has 0 saturated carbocycles. The maximum Gasteiger partial charge on any atom is 0.245 e. The molecule has 0 radical (unpaired) electrons. The van der Waals surface area contributed by atoms with Crippen LogP contribution in [-0.2, 0) is 0 Å². The Bertz CT molecular complexity index is 385. The molecule has 2 heterocycles. The van der Waals surface area contributed by atoms with Gasteiger partial charge in [-0.1, -0.05) is 5.16 Å². The Hall–Kier alpha value is -1.91. The van der Waals surface area contributed by atoms with Crippen LogP contribution in [0.1, 0.15) is 0 Å². The molecule has 0 saturated heterocycles. The zero-order valence-corrected chi connectivity index (χ0v) is 6.97. The molecule has 5 heteroatoms. The third-order valence-electron chi connectivity index (χ3n) is 1.53. The van der Waals surface area contributed by atoms with E-state index >= 15 is 0 Å². The molecule has 0 aromatic carbocycles. The zero-order valence-electron chi connectivity index (χ0n) is 6.97. The van der Waals surface area contributed by atoms with Crippen LogP contribution in [0.15, 0.2) is 29.2 Å². The van der Waals surface area contributed by atoms with Crippen molar-refractivity contribution < 1.29 is 9.26 Å². The lowest BCUT2D eigenvalue weighted by molar-refractivity contribution is 0.398. The van der Waals surface area contributed by atoms with Crippen LogP contribution in [0, 0.1) is 0 Å². The number of hydrogen-bond donors (Lipinski definition) is 0. The minimum Gasteiger partial charge on any atom is -0.491 e. The van der Waals surface area contributed by atoms with Gasteiger partial charge in [-0.2, -0.15) is 0 Å². The van der Waals surface area contributed by atoms with E-state index in [1.54, 1.807) is 25.6 Å². The maximum atomic E-state index is 5.00. The molecule has 0 unspecified atom stereocenters. The fraction of sp³-hybridized carbons (Fsp3) is 0.125. The molecule has 0 atom stereocenters. The van der Waals surface area contributed by atoms with E-state index < -0.39 is 0 Å². The third-order valence-corrected chi connectivity index (χ3v) is 1.53. The second-order valence-electron chi connectivity index (χ2n) is 2.30. The van der Waals surface area contributed by atoms with E-state index in [0.717, 1.165) is 0 Å². The molecule has 66 valence electrons. The molecule has 0 bridgehead atoms. The molecular weight excluding hydrogens is 170 g/mol. The van der Waals surface area contributed by atoms with Crippen LogP contribution in [0.5, 0.6) is 5.75 Å². The third kappa shape index (κ3) is 1.35. The Kier molecular flexibility index (Phi) is 1.91. The number of aromatic nitrogens is 3. The van der Waals surface area contributed by atoms with Crippen LogP contribution in [-0.4, -0.2) is 22.2 Å². The quantitative estimate of drug-likeness (QED) is 0.688. The standard InChI is InChI=1S/C8H7N3O2/c1-12-6-5-11-13-7(6)8-9-3-2-4-10-8/h2-5H,1H3. The highest BCUT2D eigenvalue weighted by molar-refractivity contribution is 5.54. The SMILES string of the molecule is COc1cnoc1-c1ncccn1. The number of ether oxygens (including phenoxy) is 1. The molecule has 0 amide bonds. The van der Waals surface area contributed by atoms with Gasteiger partial charge in [-0.05, 0) is 6.07 Å². The Morgan fingerprint density at radius 3 is 2.77 bits per heavy atom. The van der Waals surface area contributed by atoms with Gasteiger partial charge in [0.15, 0.2) is 5.75 Å². The van der Waals surface area contributed by atoms with Crippen LogP contribution in [0.3, 0.4) is 0 Å². The lowest BCUT2D eigenvalue weighted by Crippen LogP contribution is -1.88. The lowest BCUT2D eigenvalue weighted by atomic mass is 10.4. The van der Waals surface area contributed by atoms with Crippen LogP contribution in [0.25, 0.3) is 11.6 Å². The first-order valence-electron chi connectivity index (χ1n) is 3.68. The summed E-state index contributed by atoms with van der Waals surface area (Å²) in [7, 11) is 1.54. The first-order valence-corrected chi connectivity index (χ1v) is 3.68. The van der Waals surface area contributed by atoms with Gasteiger partial charge >= 0.3 is 0 Å². The molecular formula is C8H7N3O2. The molecule has 0 spiro atoms. The summed E-state index contributed by atoms with van der Waals surface area (Å²) in [6, 6.07) is 1.73. The molecule has 0 aliphatic heterocycles.